The highest BCUT2D eigenvalue weighted by atomic mass is 16.6. The Hall–Kier alpha value is -2.11. The second-order valence-corrected chi connectivity index (χ2v) is 4.77. The standard InChI is InChI=1S/C13H16N2O4/c14-13(16)19-8-9-5-6-10-3-1-2-4-11(10)12(7-9)15(17)18/h1-4,9,12H,5-8H2,(H2,14,16). The molecule has 2 atom stereocenters. The van der Waals surface area contributed by atoms with E-state index in [1.807, 2.05) is 18.2 Å². The zero-order valence-corrected chi connectivity index (χ0v) is 10.5. The molecule has 0 spiro atoms. The van der Waals surface area contributed by atoms with Gasteiger partial charge in [0.25, 0.3) is 0 Å². The van der Waals surface area contributed by atoms with E-state index in [0.717, 1.165) is 24.0 Å². The summed E-state index contributed by atoms with van der Waals surface area (Å²) in [5.74, 6) is -0.0321. The maximum atomic E-state index is 11.2. The van der Waals surface area contributed by atoms with E-state index in [2.05, 4.69) is 0 Å². The number of primary amides is 1. The lowest BCUT2D eigenvalue weighted by atomic mass is 9.97. The van der Waals surface area contributed by atoms with Crippen LogP contribution in [0.3, 0.4) is 0 Å². The van der Waals surface area contributed by atoms with Crippen molar-refractivity contribution in [1.29, 1.82) is 0 Å². The number of amides is 1. The minimum atomic E-state index is -0.834. The molecular formula is C13H16N2O4. The van der Waals surface area contributed by atoms with E-state index in [-0.39, 0.29) is 17.4 Å². The number of hydrogen-bond donors (Lipinski definition) is 1. The third-order valence-corrected chi connectivity index (χ3v) is 3.51. The number of rotatable bonds is 3. The molecule has 1 aromatic rings. The molecule has 1 aromatic carbocycles. The van der Waals surface area contributed by atoms with Crippen LogP contribution in [0.1, 0.15) is 30.0 Å². The first-order chi connectivity index (χ1) is 9.08. The molecule has 19 heavy (non-hydrogen) atoms. The highest BCUT2D eigenvalue weighted by Gasteiger charge is 2.32. The largest absolute Gasteiger partial charge is 0.449 e. The van der Waals surface area contributed by atoms with Crippen LogP contribution in [0.15, 0.2) is 24.3 Å². The van der Waals surface area contributed by atoms with Gasteiger partial charge < -0.3 is 10.5 Å². The maximum Gasteiger partial charge on any atom is 0.404 e. The van der Waals surface area contributed by atoms with E-state index in [0.29, 0.717) is 6.42 Å². The third-order valence-electron chi connectivity index (χ3n) is 3.51. The highest BCUT2D eigenvalue weighted by Crippen LogP contribution is 2.33. The Balaban J connectivity index is 2.18. The zero-order chi connectivity index (χ0) is 13.8. The van der Waals surface area contributed by atoms with Gasteiger partial charge in [0.05, 0.1) is 6.61 Å². The molecule has 0 radical (unpaired) electrons. The van der Waals surface area contributed by atoms with Crippen molar-refractivity contribution >= 4 is 6.09 Å². The number of ether oxygens (including phenoxy) is 1. The molecule has 0 aromatic heterocycles. The molecule has 2 rings (SSSR count). The predicted molar refractivity (Wildman–Crippen MR) is 68.1 cm³/mol. The van der Waals surface area contributed by atoms with Gasteiger partial charge in [0, 0.05) is 22.8 Å². The monoisotopic (exact) mass is 264 g/mol. The van der Waals surface area contributed by atoms with E-state index in [4.69, 9.17) is 10.5 Å². The van der Waals surface area contributed by atoms with Crippen LogP contribution in [0, 0.1) is 16.0 Å². The van der Waals surface area contributed by atoms with Crippen molar-refractivity contribution in [2.24, 2.45) is 11.7 Å². The van der Waals surface area contributed by atoms with E-state index in [9.17, 15) is 14.9 Å². The van der Waals surface area contributed by atoms with Crippen molar-refractivity contribution in [3.63, 3.8) is 0 Å². The topological polar surface area (TPSA) is 95.5 Å². The Kier molecular flexibility index (Phi) is 3.99. The summed E-state index contributed by atoms with van der Waals surface area (Å²) < 4.78 is 4.78. The van der Waals surface area contributed by atoms with Gasteiger partial charge in [0.15, 0.2) is 0 Å². The number of hydrogen-bond acceptors (Lipinski definition) is 4. The average molecular weight is 264 g/mol. The summed E-state index contributed by atoms with van der Waals surface area (Å²) in [6, 6.07) is 6.69. The molecule has 1 aliphatic rings. The van der Waals surface area contributed by atoms with Crippen LogP contribution in [0.5, 0.6) is 0 Å². The van der Waals surface area contributed by atoms with Crippen molar-refractivity contribution in [3.05, 3.63) is 45.5 Å². The number of carbonyl (C=O) groups excluding carboxylic acids is 1. The molecule has 2 N–H and O–H groups in total. The Morgan fingerprint density at radius 1 is 1.47 bits per heavy atom. The van der Waals surface area contributed by atoms with Crippen LogP contribution < -0.4 is 5.73 Å². The van der Waals surface area contributed by atoms with Crippen LogP contribution in [0.25, 0.3) is 0 Å². The molecule has 0 bridgehead atoms. The van der Waals surface area contributed by atoms with Gasteiger partial charge in [-0.15, -0.1) is 0 Å². The molecule has 2 unspecified atom stereocenters. The first kappa shape index (κ1) is 13.3. The summed E-state index contributed by atoms with van der Waals surface area (Å²) >= 11 is 0. The molecule has 1 aliphatic carbocycles. The SMILES string of the molecule is NC(=O)OCC1CCc2ccccc2C([N+](=O)[O-])C1. The number of fused-ring (bicyclic) bond motifs is 1. The molecule has 0 saturated carbocycles. The number of carbonyl (C=O) groups is 1. The van der Waals surface area contributed by atoms with Crippen LogP contribution in [0.2, 0.25) is 0 Å². The molecule has 1 amide bonds. The Morgan fingerprint density at radius 3 is 2.89 bits per heavy atom. The average Bonchev–Trinajstić information content (AvgIpc) is 2.56. The molecule has 0 fully saturated rings. The molecule has 0 saturated heterocycles. The van der Waals surface area contributed by atoms with E-state index in [1.165, 1.54) is 0 Å². The molecule has 0 heterocycles. The van der Waals surface area contributed by atoms with Gasteiger partial charge in [-0.2, -0.15) is 0 Å². The number of nitro groups is 1. The third kappa shape index (κ3) is 3.21. The number of nitrogens with two attached hydrogens (primary N) is 1. The quantitative estimate of drug-likeness (QED) is 0.513. The second-order valence-electron chi connectivity index (χ2n) is 4.77. The van der Waals surface area contributed by atoms with Crippen LogP contribution >= 0.6 is 0 Å². The summed E-state index contributed by atoms with van der Waals surface area (Å²) in [6.07, 6.45) is 1.05. The van der Waals surface area contributed by atoms with Gasteiger partial charge in [-0.1, -0.05) is 24.3 Å². The second kappa shape index (κ2) is 5.69. The van der Waals surface area contributed by atoms with Crippen molar-refractivity contribution < 1.29 is 14.5 Å². The van der Waals surface area contributed by atoms with Crippen molar-refractivity contribution in [2.45, 2.75) is 25.3 Å². The summed E-state index contributed by atoms with van der Waals surface area (Å²) in [6.45, 7) is 0.146. The van der Waals surface area contributed by atoms with Crippen molar-refractivity contribution in [3.8, 4) is 0 Å². The summed E-state index contributed by atoms with van der Waals surface area (Å²) in [7, 11) is 0. The molecule has 102 valence electrons. The van der Waals surface area contributed by atoms with E-state index < -0.39 is 12.1 Å². The zero-order valence-electron chi connectivity index (χ0n) is 10.5. The lowest BCUT2D eigenvalue weighted by Crippen LogP contribution is -2.21. The van der Waals surface area contributed by atoms with Gasteiger partial charge >= 0.3 is 6.09 Å². The summed E-state index contributed by atoms with van der Waals surface area (Å²) in [5.41, 5.74) is 6.71. The van der Waals surface area contributed by atoms with Crippen molar-refractivity contribution in [1.82, 2.24) is 0 Å². The fraction of sp³-hybridized carbons (Fsp3) is 0.462. The first-order valence-electron chi connectivity index (χ1n) is 6.21. The minimum Gasteiger partial charge on any atom is -0.449 e. The normalized spacial score (nSPS) is 22.1. The van der Waals surface area contributed by atoms with Gasteiger partial charge in [-0.3, -0.25) is 10.1 Å². The first-order valence-corrected chi connectivity index (χ1v) is 6.21. The minimum absolute atomic E-state index is 0.0321. The number of nitrogens with zero attached hydrogens (tertiary/aromatic N) is 1. The van der Waals surface area contributed by atoms with Crippen molar-refractivity contribution in [2.75, 3.05) is 6.61 Å². The van der Waals surface area contributed by atoms with Gasteiger partial charge in [0.2, 0.25) is 6.04 Å². The lowest BCUT2D eigenvalue weighted by molar-refractivity contribution is -0.531. The van der Waals surface area contributed by atoms with Crippen LogP contribution in [-0.2, 0) is 11.2 Å². The van der Waals surface area contributed by atoms with E-state index in [1.54, 1.807) is 6.07 Å². The predicted octanol–water partition coefficient (Wildman–Crippen LogP) is 2.05. The number of aryl methyl sites for hydroxylation is 1. The van der Waals surface area contributed by atoms with Gasteiger partial charge in [0.1, 0.15) is 0 Å². The fourth-order valence-electron chi connectivity index (χ4n) is 2.56. The maximum absolute atomic E-state index is 11.2. The van der Waals surface area contributed by atoms with E-state index >= 15 is 0 Å². The number of benzene rings is 1. The van der Waals surface area contributed by atoms with Crippen LogP contribution in [0.4, 0.5) is 4.79 Å². The van der Waals surface area contributed by atoms with Crippen LogP contribution in [-0.4, -0.2) is 17.6 Å². The lowest BCUT2D eigenvalue weighted by Gasteiger charge is -2.15. The molecule has 6 nitrogen and oxygen atoms in total. The Bertz CT molecular complexity index is 489. The highest BCUT2D eigenvalue weighted by molar-refractivity contribution is 5.64. The Labute approximate surface area is 110 Å². The Morgan fingerprint density at radius 2 is 2.21 bits per heavy atom. The molecule has 6 heteroatoms. The molecule has 0 aliphatic heterocycles. The van der Waals surface area contributed by atoms with Gasteiger partial charge in [-0.25, -0.2) is 4.79 Å². The molecular weight excluding hydrogens is 248 g/mol. The smallest absolute Gasteiger partial charge is 0.404 e. The summed E-state index contributed by atoms with van der Waals surface area (Å²) in [5, 5.41) is 11.2. The fourth-order valence-corrected chi connectivity index (χ4v) is 2.56. The summed E-state index contributed by atoms with van der Waals surface area (Å²) in [4.78, 5) is 21.6. The van der Waals surface area contributed by atoms with Gasteiger partial charge in [-0.05, 0) is 18.4 Å².